The normalized spacial score (nSPS) is 24.3. The lowest BCUT2D eigenvalue weighted by Gasteiger charge is -2.36. The number of piperidine rings is 1. The fourth-order valence-corrected chi connectivity index (χ4v) is 3.14. The van der Waals surface area contributed by atoms with Gasteiger partial charge in [-0.15, -0.1) is 0 Å². The molecule has 4 heteroatoms. The molecule has 0 aromatic rings. The van der Waals surface area contributed by atoms with Crippen molar-refractivity contribution in [1.82, 2.24) is 9.80 Å². The number of hydrogen-bond donors (Lipinski definition) is 1. The molecular weight excluding hydrogens is 240 g/mol. The molecule has 0 radical (unpaired) electrons. The molecule has 1 heterocycles. The zero-order chi connectivity index (χ0) is 13.7. The van der Waals surface area contributed by atoms with Gasteiger partial charge in [0.1, 0.15) is 0 Å². The zero-order valence-electron chi connectivity index (χ0n) is 12.0. The third kappa shape index (κ3) is 3.80. The summed E-state index contributed by atoms with van der Waals surface area (Å²) in [5.41, 5.74) is 1.18. The summed E-state index contributed by atoms with van der Waals surface area (Å²) in [5.74, 6) is 0.193. The SMILES string of the molecule is CN(C(=O)CN1CCCCC1CCO)C1=CCCC1. The Morgan fingerprint density at radius 1 is 1.47 bits per heavy atom. The summed E-state index contributed by atoms with van der Waals surface area (Å²) in [6.07, 6.45) is 9.77. The molecule has 1 N–H and O–H groups in total. The van der Waals surface area contributed by atoms with E-state index in [2.05, 4.69) is 11.0 Å². The quantitative estimate of drug-likeness (QED) is 0.824. The summed E-state index contributed by atoms with van der Waals surface area (Å²) >= 11 is 0. The van der Waals surface area contributed by atoms with E-state index in [1.807, 2.05) is 11.9 Å². The summed E-state index contributed by atoms with van der Waals surface area (Å²) in [6.45, 7) is 1.71. The summed E-state index contributed by atoms with van der Waals surface area (Å²) < 4.78 is 0. The van der Waals surface area contributed by atoms with Gasteiger partial charge < -0.3 is 10.0 Å². The maximum Gasteiger partial charge on any atom is 0.240 e. The molecule has 1 atom stereocenters. The molecular formula is C15H26N2O2. The third-order valence-corrected chi connectivity index (χ3v) is 4.37. The number of amides is 1. The van der Waals surface area contributed by atoms with E-state index in [1.165, 1.54) is 25.0 Å². The number of aliphatic hydroxyl groups excluding tert-OH is 1. The van der Waals surface area contributed by atoms with Crippen LogP contribution in [0, 0.1) is 0 Å². The molecule has 0 spiro atoms. The monoisotopic (exact) mass is 266 g/mol. The van der Waals surface area contributed by atoms with Gasteiger partial charge in [0, 0.05) is 25.4 Å². The molecule has 1 unspecified atom stereocenters. The number of carbonyl (C=O) groups excluding carboxylic acids is 1. The Morgan fingerprint density at radius 3 is 3.00 bits per heavy atom. The minimum Gasteiger partial charge on any atom is -0.396 e. The van der Waals surface area contributed by atoms with Crippen molar-refractivity contribution < 1.29 is 9.90 Å². The molecule has 19 heavy (non-hydrogen) atoms. The van der Waals surface area contributed by atoms with Crippen LogP contribution in [0.25, 0.3) is 0 Å². The summed E-state index contributed by atoms with van der Waals surface area (Å²) in [5, 5.41) is 9.12. The van der Waals surface area contributed by atoms with Crippen LogP contribution in [-0.4, -0.2) is 53.6 Å². The summed E-state index contributed by atoms with van der Waals surface area (Å²) in [4.78, 5) is 16.4. The highest BCUT2D eigenvalue weighted by Gasteiger charge is 2.26. The maximum atomic E-state index is 12.3. The fourth-order valence-electron chi connectivity index (χ4n) is 3.14. The van der Waals surface area contributed by atoms with Crippen LogP contribution in [0.15, 0.2) is 11.8 Å². The topological polar surface area (TPSA) is 43.8 Å². The van der Waals surface area contributed by atoms with Crippen molar-refractivity contribution in [3.05, 3.63) is 11.8 Å². The van der Waals surface area contributed by atoms with E-state index in [0.717, 1.165) is 32.2 Å². The molecule has 0 saturated carbocycles. The molecule has 108 valence electrons. The molecule has 2 rings (SSSR count). The highest BCUT2D eigenvalue weighted by Crippen LogP contribution is 2.22. The number of carbonyl (C=O) groups is 1. The van der Waals surface area contributed by atoms with Crippen molar-refractivity contribution in [2.75, 3.05) is 26.7 Å². The average molecular weight is 266 g/mol. The Bertz CT molecular complexity index is 339. The van der Waals surface area contributed by atoms with Gasteiger partial charge in [-0.3, -0.25) is 9.69 Å². The molecule has 4 nitrogen and oxygen atoms in total. The van der Waals surface area contributed by atoms with Gasteiger partial charge in [-0.2, -0.15) is 0 Å². The third-order valence-electron chi connectivity index (χ3n) is 4.37. The van der Waals surface area contributed by atoms with Gasteiger partial charge in [0.2, 0.25) is 5.91 Å². The lowest BCUT2D eigenvalue weighted by molar-refractivity contribution is -0.130. The Kier molecular flexibility index (Phi) is 5.40. The predicted octanol–water partition coefficient (Wildman–Crippen LogP) is 1.75. The molecule has 2 aliphatic rings. The number of hydrogen-bond acceptors (Lipinski definition) is 3. The highest BCUT2D eigenvalue weighted by atomic mass is 16.3. The van der Waals surface area contributed by atoms with E-state index in [4.69, 9.17) is 5.11 Å². The number of rotatable bonds is 5. The smallest absolute Gasteiger partial charge is 0.240 e. The molecule has 0 aromatic heterocycles. The molecule has 1 amide bonds. The van der Waals surface area contributed by atoms with Crippen LogP contribution < -0.4 is 0 Å². The molecule has 1 saturated heterocycles. The van der Waals surface area contributed by atoms with Gasteiger partial charge in [-0.05, 0) is 45.1 Å². The number of aliphatic hydroxyl groups is 1. The molecule has 1 aliphatic heterocycles. The molecule has 0 bridgehead atoms. The number of likely N-dealkylation sites (N-methyl/N-ethyl adjacent to an activating group) is 1. The summed E-state index contributed by atoms with van der Waals surface area (Å²) in [7, 11) is 1.89. The first kappa shape index (κ1) is 14.5. The van der Waals surface area contributed by atoms with Crippen molar-refractivity contribution in [2.45, 2.75) is 51.0 Å². The average Bonchev–Trinajstić information content (AvgIpc) is 2.94. The maximum absolute atomic E-state index is 12.3. The van der Waals surface area contributed by atoms with E-state index in [9.17, 15) is 4.79 Å². The van der Waals surface area contributed by atoms with Gasteiger partial charge in [-0.1, -0.05) is 12.5 Å². The van der Waals surface area contributed by atoms with Crippen LogP contribution in [0.4, 0.5) is 0 Å². The second-order valence-electron chi connectivity index (χ2n) is 5.67. The van der Waals surface area contributed by atoms with Crippen molar-refractivity contribution in [1.29, 1.82) is 0 Å². The Morgan fingerprint density at radius 2 is 2.32 bits per heavy atom. The second-order valence-corrected chi connectivity index (χ2v) is 5.67. The lowest BCUT2D eigenvalue weighted by atomic mass is 9.99. The van der Waals surface area contributed by atoms with Gasteiger partial charge in [0.15, 0.2) is 0 Å². The van der Waals surface area contributed by atoms with Crippen LogP contribution in [-0.2, 0) is 4.79 Å². The number of likely N-dealkylation sites (tertiary alicyclic amines) is 1. The Balaban J connectivity index is 1.88. The first-order chi connectivity index (χ1) is 9.22. The minimum absolute atomic E-state index is 0.193. The van der Waals surface area contributed by atoms with Gasteiger partial charge in [0.25, 0.3) is 0 Å². The van der Waals surface area contributed by atoms with E-state index in [0.29, 0.717) is 12.6 Å². The van der Waals surface area contributed by atoms with Crippen molar-refractivity contribution in [3.8, 4) is 0 Å². The van der Waals surface area contributed by atoms with Crippen molar-refractivity contribution in [2.24, 2.45) is 0 Å². The molecule has 1 aliphatic carbocycles. The predicted molar refractivity (Wildman–Crippen MR) is 75.6 cm³/mol. The van der Waals surface area contributed by atoms with E-state index >= 15 is 0 Å². The van der Waals surface area contributed by atoms with Crippen LogP contribution >= 0.6 is 0 Å². The van der Waals surface area contributed by atoms with Crippen molar-refractivity contribution >= 4 is 5.91 Å². The second kappa shape index (κ2) is 7.06. The van der Waals surface area contributed by atoms with Gasteiger partial charge >= 0.3 is 0 Å². The van der Waals surface area contributed by atoms with E-state index in [1.54, 1.807) is 0 Å². The van der Waals surface area contributed by atoms with Crippen LogP contribution in [0.3, 0.4) is 0 Å². The minimum atomic E-state index is 0.193. The number of allylic oxidation sites excluding steroid dienone is 2. The largest absolute Gasteiger partial charge is 0.396 e. The molecule has 1 fully saturated rings. The first-order valence-corrected chi connectivity index (χ1v) is 7.53. The fraction of sp³-hybridized carbons (Fsp3) is 0.800. The highest BCUT2D eigenvalue weighted by molar-refractivity contribution is 5.79. The van der Waals surface area contributed by atoms with Crippen LogP contribution in [0.1, 0.15) is 44.9 Å². The zero-order valence-corrected chi connectivity index (χ0v) is 12.0. The Labute approximate surface area is 116 Å². The Hall–Kier alpha value is -0.870. The number of nitrogens with zero attached hydrogens (tertiary/aromatic N) is 2. The van der Waals surface area contributed by atoms with Gasteiger partial charge in [0.05, 0.1) is 6.54 Å². The standard InChI is InChI=1S/C15H26N2O2/c1-16(13-6-2-3-7-13)15(19)12-17-10-5-4-8-14(17)9-11-18/h6,14,18H,2-5,7-12H2,1H3. The van der Waals surface area contributed by atoms with Crippen LogP contribution in [0.5, 0.6) is 0 Å². The molecule has 0 aromatic carbocycles. The summed E-state index contributed by atoms with van der Waals surface area (Å²) in [6, 6.07) is 0.383. The lowest BCUT2D eigenvalue weighted by Crippen LogP contribution is -2.46. The van der Waals surface area contributed by atoms with Crippen LogP contribution in [0.2, 0.25) is 0 Å². The van der Waals surface area contributed by atoms with E-state index in [-0.39, 0.29) is 12.5 Å². The van der Waals surface area contributed by atoms with E-state index < -0.39 is 0 Å². The van der Waals surface area contributed by atoms with Crippen molar-refractivity contribution in [3.63, 3.8) is 0 Å². The first-order valence-electron chi connectivity index (χ1n) is 7.53. The van der Waals surface area contributed by atoms with Gasteiger partial charge in [-0.25, -0.2) is 0 Å².